The first-order chi connectivity index (χ1) is 8.16. The highest BCUT2D eigenvalue weighted by Crippen LogP contribution is 2.32. The van der Waals surface area contributed by atoms with Gasteiger partial charge in [-0.3, -0.25) is 0 Å². The quantitative estimate of drug-likeness (QED) is 0.656. The van der Waals surface area contributed by atoms with Crippen molar-refractivity contribution in [1.82, 2.24) is 15.0 Å². The molecule has 0 radical (unpaired) electrons. The predicted molar refractivity (Wildman–Crippen MR) is 71.3 cm³/mol. The summed E-state index contributed by atoms with van der Waals surface area (Å²) in [7, 11) is 1.86. The molecule has 0 fully saturated rings. The largest absolute Gasteiger partial charge is 0.187 e. The molecular weight excluding hydrogens is 230 g/mol. The van der Waals surface area contributed by atoms with Gasteiger partial charge in [0.25, 0.3) is 0 Å². The minimum atomic E-state index is 0.971. The molecule has 3 aromatic rings. The third-order valence-electron chi connectivity index (χ3n) is 3.13. The van der Waals surface area contributed by atoms with Crippen LogP contribution in [0.5, 0.6) is 0 Å². The first-order valence-electron chi connectivity index (χ1n) is 5.52. The maximum atomic E-state index is 4.40. The monoisotopic (exact) mass is 243 g/mol. The Morgan fingerprint density at radius 3 is 2.71 bits per heavy atom. The molecular formula is C13H13N3S. The standard InChI is InChI=1S/C13H13N3S/c1-8-9(2)13-11(14-16(3)15-13)7-10(8)12-5-4-6-17-12/h4-7H,1-3H3. The van der Waals surface area contributed by atoms with Crippen LogP contribution in [0, 0.1) is 13.8 Å². The van der Waals surface area contributed by atoms with Crippen molar-refractivity contribution < 1.29 is 0 Å². The topological polar surface area (TPSA) is 30.7 Å². The molecule has 86 valence electrons. The van der Waals surface area contributed by atoms with Crippen molar-refractivity contribution in [3.05, 3.63) is 34.7 Å². The van der Waals surface area contributed by atoms with Gasteiger partial charge in [-0.15, -0.1) is 11.3 Å². The van der Waals surface area contributed by atoms with Crippen LogP contribution in [0.1, 0.15) is 11.1 Å². The molecule has 0 saturated carbocycles. The van der Waals surface area contributed by atoms with Gasteiger partial charge in [-0.25, -0.2) is 0 Å². The summed E-state index contributed by atoms with van der Waals surface area (Å²) in [5, 5.41) is 10.9. The van der Waals surface area contributed by atoms with E-state index in [1.807, 2.05) is 7.05 Å². The number of hydrogen-bond acceptors (Lipinski definition) is 3. The average Bonchev–Trinajstić information content (AvgIpc) is 2.91. The summed E-state index contributed by atoms with van der Waals surface area (Å²) >= 11 is 1.76. The van der Waals surface area contributed by atoms with Gasteiger partial charge in [0.15, 0.2) is 0 Å². The van der Waals surface area contributed by atoms with Crippen molar-refractivity contribution >= 4 is 22.4 Å². The van der Waals surface area contributed by atoms with Crippen LogP contribution >= 0.6 is 11.3 Å². The molecule has 0 saturated heterocycles. The molecule has 17 heavy (non-hydrogen) atoms. The predicted octanol–water partition coefficient (Wildman–Crippen LogP) is 3.31. The Hall–Kier alpha value is -1.68. The van der Waals surface area contributed by atoms with E-state index in [0.717, 1.165) is 11.0 Å². The van der Waals surface area contributed by atoms with Gasteiger partial charge in [-0.1, -0.05) is 6.07 Å². The van der Waals surface area contributed by atoms with Crippen molar-refractivity contribution in [2.45, 2.75) is 13.8 Å². The third kappa shape index (κ3) is 1.56. The lowest BCUT2D eigenvalue weighted by Crippen LogP contribution is -1.91. The SMILES string of the molecule is Cc1c(-c2cccs2)cc2nn(C)nc2c1C. The summed E-state index contributed by atoms with van der Waals surface area (Å²) in [6, 6.07) is 6.36. The molecule has 0 amide bonds. The fourth-order valence-electron chi connectivity index (χ4n) is 2.10. The first-order valence-corrected chi connectivity index (χ1v) is 6.40. The highest BCUT2D eigenvalue weighted by molar-refractivity contribution is 7.13. The van der Waals surface area contributed by atoms with E-state index in [-0.39, 0.29) is 0 Å². The number of benzene rings is 1. The van der Waals surface area contributed by atoms with E-state index >= 15 is 0 Å². The summed E-state index contributed by atoms with van der Waals surface area (Å²) < 4.78 is 0. The molecule has 0 unspecified atom stereocenters. The van der Waals surface area contributed by atoms with Crippen molar-refractivity contribution in [3.8, 4) is 10.4 Å². The zero-order valence-corrected chi connectivity index (χ0v) is 10.9. The van der Waals surface area contributed by atoms with Gasteiger partial charge < -0.3 is 0 Å². The van der Waals surface area contributed by atoms with Crippen LogP contribution in [0.3, 0.4) is 0 Å². The van der Waals surface area contributed by atoms with Gasteiger partial charge in [0, 0.05) is 11.9 Å². The van der Waals surface area contributed by atoms with Crippen LogP contribution in [0.2, 0.25) is 0 Å². The Labute approximate surface area is 104 Å². The molecule has 0 N–H and O–H groups in total. The van der Waals surface area contributed by atoms with E-state index in [4.69, 9.17) is 0 Å². The molecule has 2 aromatic heterocycles. The second-order valence-electron chi connectivity index (χ2n) is 4.21. The van der Waals surface area contributed by atoms with Gasteiger partial charge in [0.1, 0.15) is 11.0 Å². The Kier molecular flexibility index (Phi) is 2.26. The number of rotatable bonds is 1. The number of nitrogens with zero attached hydrogens (tertiary/aromatic N) is 3. The van der Waals surface area contributed by atoms with Gasteiger partial charge >= 0.3 is 0 Å². The van der Waals surface area contributed by atoms with E-state index in [9.17, 15) is 0 Å². The first kappa shape index (κ1) is 10.5. The molecule has 0 spiro atoms. The van der Waals surface area contributed by atoms with Crippen molar-refractivity contribution in [3.63, 3.8) is 0 Å². The van der Waals surface area contributed by atoms with Gasteiger partial charge in [0.2, 0.25) is 0 Å². The molecule has 0 aliphatic rings. The van der Waals surface area contributed by atoms with Gasteiger partial charge in [-0.2, -0.15) is 15.0 Å². The fourth-order valence-corrected chi connectivity index (χ4v) is 2.90. The molecule has 0 aliphatic carbocycles. The summed E-state index contributed by atoms with van der Waals surface area (Å²) in [6.45, 7) is 4.27. The average molecular weight is 243 g/mol. The lowest BCUT2D eigenvalue weighted by molar-refractivity contribution is 0.665. The van der Waals surface area contributed by atoms with Crippen molar-refractivity contribution in [1.29, 1.82) is 0 Å². The second-order valence-corrected chi connectivity index (χ2v) is 5.16. The summed E-state index contributed by atoms with van der Waals surface area (Å²) in [5.41, 5.74) is 5.76. The maximum absolute atomic E-state index is 4.40. The molecule has 3 rings (SSSR count). The van der Waals surface area contributed by atoms with Crippen LogP contribution < -0.4 is 0 Å². The van der Waals surface area contributed by atoms with Crippen LogP contribution in [-0.2, 0) is 7.05 Å². The molecule has 0 bridgehead atoms. The van der Waals surface area contributed by atoms with Crippen LogP contribution in [-0.4, -0.2) is 15.0 Å². The minimum Gasteiger partial charge on any atom is -0.187 e. The molecule has 0 atom stereocenters. The lowest BCUT2D eigenvalue weighted by Gasteiger charge is -2.06. The summed E-state index contributed by atoms with van der Waals surface area (Å²) in [4.78, 5) is 2.92. The summed E-state index contributed by atoms with van der Waals surface area (Å²) in [5.74, 6) is 0. The van der Waals surface area contributed by atoms with E-state index in [1.165, 1.54) is 21.6 Å². The normalized spacial score (nSPS) is 11.2. The fraction of sp³-hybridized carbons (Fsp3) is 0.231. The molecule has 1 aromatic carbocycles. The number of aromatic nitrogens is 3. The third-order valence-corrected chi connectivity index (χ3v) is 4.03. The molecule has 3 nitrogen and oxygen atoms in total. The molecule has 2 heterocycles. The number of aryl methyl sites for hydroxylation is 2. The van der Waals surface area contributed by atoms with Crippen LogP contribution in [0.25, 0.3) is 21.5 Å². The lowest BCUT2D eigenvalue weighted by atomic mass is 10.0. The van der Waals surface area contributed by atoms with E-state index in [2.05, 4.69) is 47.6 Å². The van der Waals surface area contributed by atoms with Crippen molar-refractivity contribution in [2.75, 3.05) is 0 Å². The Bertz CT molecular complexity index is 680. The Morgan fingerprint density at radius 1 is 1.18 bits per heavy atom. The molecule has 0 aliphatic heterocycles. The van der Waals surface area contributed by atoms with Crippen molar-refractivity contribution in [2.24, 2.45) is 7.05 Å². The zero-order valence-electron chi connectivity index (χ0n) is 10.1. The maximum Gasteiger partial charge on any atom is 0.116 e. The van der Waals surface area contributed by atoms with Crippen LogP contribution in [0.4, 0.5) is 0 Å². The number of thiophene rings is 1. The van der Waals surface area contributed by atoms with Gasteiger partial charge in [0.05, 0.1) is 0 Å². The highest BCUT2D eigenvalue weighted by Gasteiger charge is 2.12. The van der Waals surface area contributed by atoms with Crippen LogP contribution in [0.15, 0.2) is 23.6 Å². The zero-order chi connectivity index (χ0) is 12.0. The van der Waals surface area contributed by atoms with E-state index in [1.54, 1.807) is 16.1 Å². The van der Waals surface area contributed by atoms with E-state index < -0.39 is 0 Å². The minimum absolute atomic E-state index is 0.971. The number of fused-ring (bicyclic) bond motifs is 1. The highest BCUT2D eigenvalue weighted by atomic mass is 32.1. The second kappa shape index (κ2) is 3.67. The van der Waals surface area contributed by atoms with E-state index in [0.29, 0.717) is 0 Å². The van der Waals surface area contributed by atoms with Gasteiger partial charge in [-0.05, 0) is 48.1 Å². The smallest absolute Gasteiger partial charge is 0.116 e. The summed E-state index contributed by atoms with van der Waals surface area (Å²) in [6.07, 6.45) is 0. The number of hydrogen-bond donors (Lipinski definition) is 0. The Morgan fingerprint density at radius 2 is 2.00 bits per heavy atom. The molecule has 4 heteroatoms. The Balaban J connectivity index is 2.36.